The van der Waals surface area contributed by atoms with E-state index in [2.05, 4.69) is 5.32 Å². The number of hydrogen-bond acceptors (Lipinski definition) is 4. The van der Waals surface area contributed by atoms with Crippen molar-refractivity contribution in [2.24, 2.45) is 17.6 Å². The molecule has 0 radical (unpaired) electrons. The summed E-state index contributed by atoms with van der Waals surface area (Å²) in [5.74, 6) is 0.0502. The van der Waals surface area contributed by atoms with Gasteiger partial charge in [-0.1, -0.05) is 0 Å². The summed E-state index contributed by atoms with van der Waals surface area (Å²) in [5.41, 5.74) is 3.13. The first-order valence-corrected chi connectivity index (χ1v) is 9.35. The molecule has 29 heavy (non-hydrogen) atoms. The molecule has 1 fully saturated rings. The Balaban J connectivity index is 1.80. The topological polar surface area (TPSA) is 105 Å². The van der Waals surface area contributed by atoms with Crippen LogP contribution in [-0.4, -0.2) is 41.5 Å². The molecule has 160 valence electrons. The van der Waals surface area contributed by atoms with Crippen LogP contribution in [0.1, 0.15) is 33.1 Å². The summed E-state index contributed by atoms with van der Waals surface area (Å²) in [6.45, 7) is 1.95. The molecular formula is C19H24F3N3O4. The molecule has 2 atom stereocenters. The highest BCUT2D eigenvalue weighted by molar-refractivity contribution is 5.89. The normalized spacial score (nSPS) is 20.1. The van der Waals surface area contributed by atoms with Crippen molar-refractivity contribution in [1.29, 1.82) is 0 Å². The van der Waals surface area contributed by atoms with Gasteiger partial charge < -0.3 is 20.9 Å². The monoisotopic (exact) mass is 415 g/mol. The van der Waals surface area contributed by atoms with Gasteiger partial charge in [0.25, 0.3) is 0 Å². The number of alkyl halides is 3. The van der Waals surface area contributed by atoms with Crippen LogP contribution in [0.3, 0.4) is 0 Å². The lowest BCUT2D eigenvalue weighted by atomic mass is 9.95. The number of primary amides is 1. The van der Waals surface area contributed by atoms with Crippen molar-refractivity contribution < 1.29 is 32.6 Å². The van der Waals surface area contributed by atoms with Gasteiger partial charge in [-0.15, -0.1) is 0 Å². The second-order valence-electron chi connectivity index (χ2n) is 8.06. The Kier molecular flexibility index (Phi) is 5.31. The highest BCUT2D eigenvalue weighted by Gasteiger charge is 2.54. The number of anilines is 2. The molecule has 2 amide bonds. The second kappa shape index (κ2) is 7.31. The van der Waals surface area contributed by atoms with Crippen LogP contribution in [0, 0.1) is 11.8 Å². The molecule has 3 rings (SSSR count). The van der Waals surface area contributed by atoms with E-state index in [1.54, 1.807) is 0 Å². The number of carboxylic acid groups (broad SMARTS) is 1. The summed E-state index contributed by atoms with van der Waals surface area (Å²) in [5, 5.41) is 12.5. The van der Waals surface area contributed by atoms with Gasteiger partial charge in [-0.05, 0) is 57.2 Å². The molecule has 4 N–H and O–H groups in total. The van der Waals surface area contributed by atoms with Gasteiger partial charge in [-0.3, -0.25) is 9.69 Å². The first-order chi connectivity index (χ1) is 13.4. The molecule has 0 bridgehead atoms. The number of carbonyl (C=O) groups is 2. The Labute approximate surface area is 166 Å². The first-order valence-electron chi connectivity index (χ1n) is 9.35. The van der Waals surface area contributed by atoms with Gasteiger partial charge in [0.2, 0.25) is 5.91 Å². The van der Waals surface area contributed by atoms with E-state index in [4.69, 9.17) is 10.5 Å². The molecule has 1 aliphatic carbocycles. The third kappa shape index (κ3) is 4.20. The minimum Gasteiger partial charge on any atom is -0.486 e. The first kappa shape index (κ1) is 21.1. The Morgan fingerprint density at radius 1 is 1.34 bits per heavy atom. The molecule has 0 aromatic heterocycles. The predicted molar refractivity (Wildman–Crippen MR) is 100 cm³/mol. The number of benzene rings is 1. The van der Waals surface area contributed by atoms with E-state index >= 15 is 0 Å². The van der Waals surface area contributed by atoms with E-state index in [9.17, 15) is 27.9 Å². The lowest BCUT2D eigenvalue weighted by molar-refractivity contribution is -0.175. The standard InChI is InChI=1S/C19H24F3N3O4/c1-18(2,19(20,21)22)25(17(27)28)11-5-6-15-14(7-11)24-9-12(29-15)8-13(16(23)26)10-3-4-10/h5-7,10,12-13,24H,3-4,8-9H2,1-2H3,(H2,23,26)(H,27,28)/t12-,13?/m0/s1. The van der Waals surface area contributed by atoms with Crippen LogP contribution in [-0.2, 0) is 4.79 Å². The average Bonchev–Trinajstić information content (AvgIpc) is 3.42. The molecule has 0 saturated heterocycles. The lowest BCUT2D eigenvalue weighted by Crippen LogP contribution is -2.57. The fraction of sp³-hybridized carbons (Fsp3) is 0.579. The van der Waals surface area contributed by atoms with Crippen LogP contribution in [0.15, 0.2) is 18.2 Å². The van der Waals surface area contributed by atoms with Gasteiger partial charge >= 0.3 is 12.3 Å². The summed E-state index contributed by atoms with van der Waals surface area (Å²) in [7, 11) is 0. The number of carbonyl (C=O) groups excluding carboxylic acids is 1. The Morgan fingerprint density at radius 2 is 2.00 bits per heavy atom. The molecule has 1 heterocycles. The van der Waals surface area contributed by atoms with Crippen molar-refractivity contribution in [3.8, 4) is 5.75 Å². The van der Waals surface area contributed by atoms with E-state index in [-0.39, 0.29) is 34.4 Å². The highest BCUT2D eigenvalue weighted by atomic mass is 19.4. The molecule has 1 aliphatic heterocycles. The number of fused-ring (bicyclic) bond motifs is 1. The molecule has 1 unspecified atom stereocenters. The number of ether oxygens (including phenoxy) is 1. The Bertz CT molecular complexity index is 808. The molecule has 1 saturated carbocycles. The largest absolute Gasteiger partial charge is 0.486 e. The smallest absolute Gasteiger partial charge is 0.412 e. The third-order valence-electron chi connectivity index (χ3n) is 5.55. The number of nitrogens with zero attached hydrogens (tertiary/aromatic N) is 1. The van der Waals surface area contributed by atoms with Crippen LogP contribution in [0.5, 0.6) is 5.75 Å². The number of nitrogens with one attached hydrogen (secondary N) is 1. The zero-order valence-corrected chi connectivity index (χ0v) is 16.1. The maximum absolute atomic E-state index is 13.4. The molecular weight excluding hydrogens is 391 g/mol. The zero-order valence-electron chi connectivity index (χ0n) is 16.1. The summed E-state index contributed by atoms with van der Waals surface area (Å²) in [6.07, 6.45) is -4.40. The Morgan fingerprint density at radius 3 is 2.52 bits per heavy atom. The summed E-state index contributed by atoms with van der Waals surface area (Å²) in [6, 6.07) is 4.03. The van der Waals surface area contributed by atoms with E-state index in [1.165, 1.54) is 18.2 Å². The van der Waals surface area contributed by atoms with E-state index < -0.39 is 17.8 Å². The van der Waals surface area contributed by atoms with Crippen LogP contribution in [0.2, 0.25) is 0 Å². The quantitative estimate of drug-likeness (QED) is 0.659. The van der Waals surface area contributed by atoms with Crippen molar-refractivity contribution >= 4 is 23.4 Å². The van der Waals surface area contributed by atoms with Gasteiger partial charge in [-0.25, -0.2) is 4.79 Å². The molecule has 1 aromatic carbocycles. The maximum atomic E-state index is 13.4. The van der Waals surface area contributed by atoms with Crippen LogP contribution >= 0.6 is 0 Å². The predicted octanol–water partition coefficient (Wildman–Crippen LogP) is 3.59. The van der Waals surface area contributed by atoms with Crippen LogP contribution in [0.4, 0.5) is 29.3 Å². The van der Waals surface area contributed by atoms with Gasteiger partial charge in [0.05, 0.1) is 17.9 Å². The average molecular weight is 415 g/mol. The maximum Gasteiger partial charge on any atom is 0.412 e. The number of amides is 2. The van der Waals surface area contributed by atoms with Crippen LogP contribution in [0.25, 0.3) is 0 Å². The molecule has 7 nitrogen and oxygen atoms in total. The van der Waals surface area contributed by atoms with Crippen molar-refractivity contribution in [2.75, 3.05) is 16.8 Å². The summed E-state index contributed by atoms with van der Waals surface area (Å²) in [4.78, 5) is 23.5. The molecule has 1 aromatic rings. The molecule has 0 spiro atoms. The second-order valence-corrected chi connectivity index (χ2v) is 8.06. The number of halogens is 3. The van der Waals surface area contributed by atoms with Gasteiger partial charge in [0.15, 0.2) is 0 Å². The zero-order chi connectivity index (χ0) is 21.6. The molecule has 10 heteroatoms. The van der Waals surface area contributed by atoms with Crippen LogP contribution < -0.4 is 20.7 Å². The number of nitrogens with two attached hydrogens (primary N) is 1. The van der Waals surface area contributed by atoms with E-state index in [1.807, 2.05) is 0 Å². The van der Waals surface area contributed by atoms with Gasteiger partial charge in [-0.2, -0.15) is 13.2 Å². The Hall–Kier alpha value is -2.65. The fourth-order valence-corrected chi connectivity index (χ4v) is 3.60. The van der Waals surface area contributed by atoms with Gasteiger partial charge in [0, 0.05) is 5.92 Å². The van der Waals surface area contributed by atoms with Crippen molar-refractivity contribution in [2.45, 2.75) is 50.9 Å². The van der Waals surface area contributed by atoms with Crippen molar-refractivity contribution in [3.05, 3.63) is 18.2 Å². The van der Waals surface area contributed by atoms with Crippen molar-refractivity contribution in [3.63, 3.8) is 0 Å². The van der Waals surface area contributed by atoms with Crippen molar-refractivity contribution in [1.82, 2.24) is 0 Å². The summed E-state index contributed by atoms with van der Waals surface area (Å²) < 4.78 is 46.1. The summed E-state index contributed by atoms with van der Waals surface area (Å²) >= 11 is 0. The lowest BCUT2D eigenvalue weighted by Gasteiger charge is -2.38. The van der Waals surface area contributed by atoms with E-state index in [0.717, 1.165) is 26.7 Å². The SMILES string of the molecule is CC(C)(N(C(=O)O)c1ccc2c(c1)NC[C@H](CC(C(N)=O)C1CC1)O2)C(F)(F)F. The fourth-order valence-electron chi connectivity index (χ4n) is 3.60. The minimum absolute atomic E-state index is 0.124. The number of hydrogen-bond donors (Lipinski definition) is 3. The minimum atomic E-state index is -4.76. The number of rotatable bonds is 6. The van der Waals surface area contributed by atoms with Gasteiger partial charge in [0.1, 0.15) is 17.4 Å². The third-order valence-corrected chi connectivity index (χ3v) is 5.55. The van der Waals surface area contributed by atoms with E-state index in [0.29, 0.717) is 24.4 Å². The highest BCUT2D eigenvalue weighted by Crippen LogP contribution is 2.43. The molecule has 2 aliphatic rings.